The summed E-state index contributed by atoms with van der Waals surface area (Å²) >= 11 is 5.01. The summed E-state index contributed by atoms with van der Waals surface area (Å²) in [6, 6.07) is 6.25. The van der Waals surface area contributed by atoms with E-state index in [1.807, 2.05) is 13.0 Å². The summed E-state index contributed by atoms with van der Waals surface area (Å²) in [7, 11) is 2.12. The lowest BCUT2D eigenvalue weighted by atomic mass is 10.1. The fraction of sp³-hybridized carbons (Fsp3) is 0.500. The Hall–Kier alpha value is -1.09. The van der Waals surface area contributed by atoms with Gasteiger partial charge < -0.3 is 10.6 Å². The number of aryl methyl sites for hydroxylation is 1. The highest BCUT2D eigenvalue weighted by atomic mass is 32.1. The highest BCUT2D eigenvalue weighted by Crippen LogP contribution is 2.19. The Morgan fingerprint density at radius 3 is 2.53 bits per heavy atom. The Kier molecular flexibility index (Phi) is 4.94. The van der Waals surface area contributed by atoms with Crippen LogP contribution in [0.2, 0.25) is 0 Å². The van der Waals surface area contributed by atoms with Gasteiger partial charge in [-0.05, 0) is 43.0 Å². The Bertz CT molecular complexity index is 399. The van der Waals surface area contributed by atoms with E-state index in [0.29, 0.717) is 4.99 Å². The zero-order valence-corrected chi connectivity index (χ0v) is 12.0. The molecule has 3 heteroatoms. The molecule has 2 nitrogen and oxygen atoms in total. The zero-order chi connectivity index (χ0) is 13.0. The summed E-state index contributed by atoms with van der Waals surface area (Å²) in [6.07, 6.45) is 1.20. The average molecular weight is 250 g/mol. The van der Waals surface area contributed by atoms with Gasteiger partial charge in [-0.15, -0.1) is 0 Å². The standard InChI is InChI=1S/C14H22N2S/c1-10(2)7-8-16(4)12-5-6-13(14(15)17)11(3)9-12/h5-6,9-10H,7-8H2,1-4H3,(H2,15,17). The van der Waals surface area contributed by atoms with Gasteiger partial charge in [0.2, 0.25) is 0 Å². The molecule has 2 N–H and O–H groups in total. The smallest absolute Gasteiger partial charge is 0.104 e. The van der Waals surface area contributed by atoms with E-state index in [1.165, 1.54) is 12.1 Å². The molecule has 0 fully saturated rings. The molecule has 0 aromatic heterocycles. The molecule has 17 heavy (non-hydrogen) atoms. The van der Waals surface area contributed by atoms with Crippen molar-refractivity contribution in [2.24, 2.45) is 11.7 Å². The van der Waals surface area contributed by atoms with Crippen LogP contribution in [-0.2, 0) is 0 Å². The molecule has 0 aliphatic heterocycles. The Morgan fingerprint density at radius 2 is 2.06 bits per heavy atom. The second-order valence-electron chi connectivity index (χ2n) is 4.97. The molecule has 0 aliphatic carbocycles. The SMILES string of the molecule is Cc1cc(N(C)CCC(C)C)ccc1C(N)=S. The van der Waals surface area contributed by atoms with Gasteiger partial charge in [-0.2, -0.15) is 0 Å². The van der Waals surface area contributed by atoms with E-state index in [2.05, 4.69) is 37.9 Å². The van der Waals surface area contributed by atoms with Crippen molar-refractivity contribution < 1.29 is 0 Å². The zero-order valence-electron chi connectivity index (χ0n) is 11.2. The van der Waals surface area contributed by atoms with Gasteiger partial charge in [-0.25, -0.2) is 0 Å². The molecular weight excluding hydrogens is 228 g/mol. The number of nitrogens with two attached hydrogens (primary N) is 1. The van der Waals surface area contributed by atoms with Crippen molar-refractivity contribution in [2.75, 3.05) is 18.5 Å². The van der Waals surface area contributed by atoms with Crippen molar-refractivity contribution in [1.82, 2.24) is 0 Å². The second-order valence-corrected chi connectivity index (χ2v) is 5.41. The Morgan fingerprint density at radius 1 is 1.41 bits per heavy atom. The molecule has 0 spiro atoms. The van der Waals surface area contributed by atoms with Gasteiger partial charge in [0, 0.05) is 24.8 Å². The van der Waals surface area contributed by atoms with Crippen molar-refractivity contribution in [2.45, 2.75) is 27.2 Å². The van der Waals surface area contributed by atoms with Crippen LogP contribution in [0.5, 0.6) is 0 Å². The van der Waals surface area contributed by atoms with Crippen molar-refractivity contribution in [3.8, 4) is 0 Å². The number of rotatable bonds is 5. The third-order valence-corrected chi connectivity index (χ3v) is 3.18. The Labute approximate surface area is 110 Å². The number of hydrogen-bond donors (Lipinski definition) is 1. The van der Waals surface area contributed by atoms with E-state index in [1.54, 1.807) is 0 Å². The molecule has 1 aromatic carbocycles. The lowest BCUT2D eigenvalue weighted by molar-refractivity contribution is 0.585. The molecule has 0 bridgehead atoms. The number of thiocarbonyl (C=S) groups is 1. The van der Waals surface area contributed by atoms with Crippen molar-refractivity contribution in [1.29, 1.82) is 0 Å². The third-order valence-electron chi connectivity index (χ3n) is 2.96. The van der Waals surface area contributed by atoms with E-state index in [-0.39, 0.29) is 0 Å². The van der Waals surface area contributed by atoms with Crippen LogP contribution in [0.15, 0.2) is 18.2 Å². The average Bonchev–Trinajstić information content (AvgIpc) is 2.25. The number of hydrogen-bond acceptors (Lipinski definition) is 2. The molecule has 0 heterocycles. The summed E-state index contributed by atoms with van der Waals surface area (Å²) in [5.41, 5.74) is 9.00. The van der Waals surface area contributed by atoms with Crippen LogP contribution in [0.25, 0.3) is 0 Å². The van der Waals surface area contributed by atoms with Crippen molar-refractivity contribution >= 4 is 22.9 Å². The van der Waals surface area contributed by atoms with E-state index in [9.17, 15) is 0 Å². The molecule has 0 radical (unpaired) electrons. The van der Waals surface area contributed by atoms with Gasteiger partial charge in [-0.3, -0.25) is 0 Å². The first-order valence-electron chi connectivity index (χ1n) is 6.03. The van der Waals surface area contributed by atoms with Crippen LogP contribution in [0.3, 0.4) is 0 Å². The van der Waals surface area contributed by atoms with Crippen LogP contribution in [0, 0.1) is 12.8 Å². The lowest BCUT2D eigenvalue weighted by Crippen LogP contribution is -2.20. The first kappa shape index (κ1) is 14.0. The molecule has 0 amide bonds. The van der Waals surface area contributed by atoms with Crippen LogP contribution in [0.1, 0.15) is 31.4 Å². The first-order chi connectivity index (χ1) is 7.91. The number of benzene rings is 1. The number of anilines is 1. The van der Waals surface area contributed by atoms with E-state index < -0.39 is 0 Å². The fourth-order valence-electron chi connectivity index (χ4n) is 1.74. The molecule has 0 saturated carbocycles. The quantitative estimate of drug-likeness (QED) is 0.814. The summed E-state index contributed by atoms with van der Waals surface area (Å²) in [5.74, 6) is 0.731. The van der Waals surface area contributed by atoms with Gasteiger partial charge in [0.15, 0.2) is 0 Å². The van der Waals surface area contributed by atoms with Crippen LogP contribution in [-0.4, -0.2) is 18.6 Å². The van der Waals surface area contributed by atoms with Gasteiger partial charge >= 0.3 is 0 Å². The monoisotopic (exact) mass is 250 g/mol. The molecule has 0 atom stereocenters. The lowest BCUT2D eigenvalue weighted by Gasteiger charge is -2.21. The topological polar surface area (TPSA) is 29.3 Å². The summed E-state index contributed by atoms with van der Waals surface area (Å²) in [4.78, 5) is 2.75. The highest BCUT2D eigenvalue weighted by Gasteiger charge is 2.06. The van der Waals surface area contributed by atoms with Gasteiger partial charge in [0.25, 0.3) is 0 Å². The van der Waals surface area contributed by atoms with Gasteiger partial charge in [-0.1, -0.05) is 26.1 Å². The van der Waals surface area contributed by atoms with Crippen LogP contribution < -0.4 is 10.6 Å². The van der Waals surface area contributed by atoms with Crippen molar-refractivity contribution in [3.05, 3.63) is 29.3 Å². The normalized spacial score (nSPS) is 10.6. The summed E-state index contributed by atoms with van der Waals surface area (Å²) < 4.78 is 0. The minimum absolute atomic E-state index is 0.471. The highest BCUT2D eigenvalue weighted by molar-refractivity contribution is 7.80. The minimum atomic E-state index is 0.471. The molecule has 1 aromatic rings. The Balaban J connectivity index is 2.79. The van der Waals surface area contributed by atoms with Gasteiger partial charge in [0.1, 0.15) is 4.99 Å². The predicted octanol–water partition coefficient (Wildman–Crippen LogP) is 3.11. The van der Waals surface area contributed by atoms with Gasteiger partial charge in [0.05, 0.1) is 0 Å². The molecule has 0 aliphatic rings. The van der Waals surface area contributed by atoms with Crippen LogP contribution in [0.4, 0.5) is 5.69 Å². The fourth-order valence-corrected chi connectivity index (χ4v) is 1.97. The van der Waals surface area contributed by atoms with E-state index >= 15 is 0 Å². The van der Waals surface area contributed by atoms with E-state index in [0.717, 1.165) is 23.6 Å². The molecule has 1 rings (SSSR count). The molecule has 0 saturated heterocycles. The maximum absolute atomic E-state index is 5.66. The molecule has 94 valence electrons. The third kappa shape index (κ3) is 4.00. The maximum Gasteiger partial charge on any atom is 0.104 e. The first-order valence-corrected chi connectivity index (χ1v) is 6.44. The predicted molar refractivity (Wildman–Crippen MR) is 79.8 cm³/mol. The summed E-state index contributed by atoms with van der Waals surface area (Å²) in [6.45, 7) is 7.61. The molecular formula is C14H22N2S. The largest absolute Gasteiger partial charge is 0.389 e. The molecule has 0 unspecified atom stereocenters. The van der Waals surface area contributed by atoms with E-state index in [4.69, 9.17) is 18.0 Å². The number of nitrogens with zero attached hydrogens (tertiary/aromatic N) is 1. The maximum atomic E-state index is 5.66. The van der Waals surface area contributed by atoms with Crippen LogP contribution >= 0.6 is 12.2 Å². The summed E-state index contributed by atoms with van der Waals surface area (Å²) in [5, 5.41) is 0. The second kappa shape index (κ2) is 6.01. The minimum Gasteiger partial charge on any atom is -0.389 e. The van der Waals surface area contributed by atoms with Crippen molar-refractivity contribution in [3.63, 3.8) is 0 Å².